The number of anilines is 2. The summed E-state index contributed by atoms with van der Waals surface area (Å²) in [5, 5.41) is 15.5. The zero-order valence-corrected chi connectivity index (χ0v) is 20.0. The lowest BCUT2D eigenvalue weighted by Gasteiger charge is -2.33. The number of benzene rings is 2. The number of thiazole rings is 1. The van der Waals surface area contributed by atoms with Crippen LogP contribution >= 0.6 is 11.3 Å². The zero-order chi connectivity index (χ0) is 26.0. The van der Waals surface area contributed by atoms with Gasteiger partial charge in [-0.15, -0.1) is 16.4 Å². The molecule has 2 aromatic heterocycles. The standard InChI is InChI=1S/C23H20F3N7O3S/c24-23(25,26)15-3-1-14(2-4-15)12-36-22(35)33-9-7-32(8-10-33)21-28-19(13-37-21)20(34)27-16-5-6-17-18(11-16)30-31-29-17/h1-6,11,13H,7-10,12H2,(H,27,34)(H,29,30,31). The van der Waals surface area contributed by atoms with Gasteiger partial charge in [-0.1, -0.05) is 17.3 Å². The Hall–Kier alpha value is -4.20. The van der Waals surface area contributed by atoms with Crippen LogP contribution in [0, 0.1) is 0 Å². The summed E-state index contributed by atoms with van der Waals surface area (Å²) in [6, 6.07) is 9.71. The molecule has 1 aliphatic rings. The smallest absolute Gasteiger partial charge is 0.416 e. The van der Waals surface area contributed by atoms with Crippen molar-refractivity contribution in [2.24, 2.45) is 0 Å². The second-order valence-corrected chi connectivity index (χ2v) is 9.07. The summed E-state index contributed by atoms with van der Waals surface area (Å²) in [7, 11) is 0. The Kier molecular flexibility index (Phi) is 6.65. The highest BCUT2D eigenvalue weighted by Crippen LogP contribution is 2.29. The number of carbonyl (C=O) groups excluding carboxylic acids is 2. The molecule has 0 spiro atoms. The third kappa shape index (κ3) is 5.63. The van der Waals surface area contributed by atoms with E-state index in [-0.39, 0.29) is 18.2 Å². The molecule has 0 unspecified atom stereocenters. The predicted octanol–water partition coefficient (Wildman–Crippen LogP) is 4.14. The number of piperazine rings is 1. The minimum atomic E-state index is -4.41. The summed E-state index contributed by atoms with van der Waals surface area (Å²) in [6.07, 6.45) is -4.95. The van der Waals surface area contributed by atoms with E-state index in [1.54, 1.807) is 23.6 Å². The number of amides is 2. The first-order valence-electron chi connectivity index (χ1n) is 11.2. The molecular formula is C23H20F3N7O3S. The number of hydrogen-bond acceptors (Lipinski definition) is 8. The number of hydrogen-bond donors (Lipinski definition) is 2. The Morgan fingerprint density at radius 1 is 1.08 bits per heavy atom. The first-order chi connectivity index (χ1) is 17.8. The summed E-state index contributed by atoms with van der Waals surface area (Å²) in [5.41, 5.74) is 1.95. The summed E-state index contributed by atoms with van der Waals surface area (Å²) >= 11 is 1.33. The van der Waals surface area contributed by atoms with Crippen molar-refractivity contribution in [1.82, 2.24) is 25.3 Å². The Labute approximate surface area is 212 Å². The molecule has 2 N–H and O–H groups in total. The maximum absolute atomic E-state index is 12.7. The van der Waals surface area contributed by atoms with E-state index in [4.69, 9.17) is 4.74 Å². The van der Waals surface area contributed by atoms with Crippen molar-refractivity contribution in [2.75, 3.05) is 36.4 Å². The first kappa shape index (κ1) is 24.5. The average Bonchev–Trinajstić information content (AvgIpc) is 3.57. The van der Waals surface area contributed by atoms with Crippen molar-refractivity contribution in [3.63, 3.8) is 0 Å². The van der Waals surface area contributed by atoms with E-state index in [2.05, 4.69) is 25.7 Å². The molecule has 10 nitrogen and oxygen atoms in total. The molecule has 192 valence electrons. The van der Waals surface area contributed by atoms with Crippen LogP contribution in [0.4, 0.5) is 28.8 Å². The molecular weight excluding hydrogens is 511 g/mol. The van der Waals surface area contributed by atoms with Gasteiger partial charge >= 0.3 is 12.3 Å². The number of fused-ring (bicyclic) bond motifs is 1. The molecule has 14 heteroatoms. The highest BCUT2D eigenvalue weighted by molar-refractivity contribution is 7.14. The molecule has 5 rings (SSSR count). The average molecular weight is 532 g/mol. The maximum atomic E-state index is 12.7. The van der Waals surface area contributed by atoms with Gasteiger partial charge in [-0.25, -0.2) is 9.78 Å². The van der Waals surface area contributed by atoms with Gasteiger partial charge in [0.2, 0.25) is 0 Å². The number of aromatic amines is 1. The normalized spacial score (nSPS) is 14.1. The number of aromatic nitrogens is 4. The fourth-order valence-electron chi connectivity index (χ4n) is 3.73. The third-order valence-corrected chi connectivity index (χ3v) is 6.66. The number of nitrogens with zero attached hydrogens (tertiary/aromatic N) is 5. The van der Waals surface area contributed by atoms with E-state index in [0.717, 1.165) is 17.6 Å². The molecule has 2 aromatic carbocycles. The molecule has 1 saturated heterocycles. The van der Waals surface area contributed by atoms with Gasteiger partial charge in [0, 0.05) is 37.2 Å². The van der Waals surface area contributed by atoms with Crippen molar-refractivity contribution in [3.05, 3.63) is 64.7 Å². The SMILES string of the molecule is O=C(Nc1ccc2[nH]nnc2c1)c1csc(N2CCN(C(=O)OCc3ccc(C(F)(F)F)cc3)CC2)n1. The van der Waals surface area contributed by atoms with E-state index < -0.39 is 17.8 Å². The molecule has 0 saturated carbocycles. The lowest BCUT2D eigenvalue weighted by molar-refractivity contribution is -0.137. The Morgan fingerprint density at radius 2 is 1.84 bits per heavy atom. The van der Waals surface area contributed by atoms with Crippen LogP contribution in [0.1, 0.15) is 21.6 Å². The van der Waals surface area contributed by atoms with Gasteiger partial charge in [0.05, 0.1) is 11.1 Å². The van der Waals surface area contributed by atoms with Crippen LogP contribution in [0.25, 0.3) is 11.0 Å². The largest absolute Gasteiger partial charge is 0.445 e. The van der Waals surface area contributed by atoms with E-state index in [0.29, 0.717) is 48.1 Å². The lowest BCUT2D eigenvalue weighted by Crippen LogP contribution is -2.49. The van der Waals surface area contributed by atoms with Crippen LogP contribution in [0.2, 0.25) is 0 Å². The second-order valence-electron chi connectivity index (χ2n) is 8.24. The van der Waals surface area contributed by atoms with Crippen LogP contribution in [0.15, 0.2) is 47.8 Å². The number of ether oxygens (including phenoxy) is 1. The zero-order valence-electron chi connectivity index (χ0n) is 19.2. The fourth-order valence-corrected chi connectivity index (χ4v) is 4.59. The fraction of sp³-hybridized carbons (Fsp3) is 0.261. The minimum Gasteiger partial charge on any atom is -0.445 e. The molecule has 2 amide bonds. The highest BCUT2D eigenvalue weighted by atomic mass is 32.1. The monoisotopic (exact) mass is 531 g/mol. The topological polar surface area (TPSA) is 116 Å². The van der Waals surface area contributed by atoms with Gasteiger partial charge < -0.3 is 19.9 Å². The lowest BCUT2D eigenvalue weighted by atomic mass is 10.1. The van der Waals surface area contributed by atoms with Gasteiger partial charge in [0.15, 0.2) is 5.13 Å². The predicted molar refractivity (Wildman–Crippen MR) is 129 cm³/mol. The van der Waals surface area contributed by atoms with E-state index >= 15 is 0 Å². The van der Waals surface area contributed by atoms with Crippen LogP contribution in [-0.4, -0.2) is 63.5 Å². The minimum absolute atomic E-state index is 0.119. The summed E-state index contributed by atoms with van der Waals surface area (Å²) in [5.74, 6) is -0.351. The Bertz CT molecular complexity index is 1410. The molecule has 4 aromatic rings. The second kappa shape index (κ2) is 10.0. The summed E-state index contributed by atoms with van der Waals surface area (Å²) < 4.78 is 43.3. The molecule has 37 heavy (non-hydrogen) atoms. The van der Waals surface area contributed by atoms with Gasteiger partial charge in [-0.3, -0.25) is 9.89 Å². The summed E-state index contributed by atoms with van der Waals surface area (Å²) in [6.45, 7) is 1.63. The van der Waals surface area contributed by atoms with Gasteiger partial charge in [0.1, 0.15) is 17.8 Å². The molecule has 3 heterocycles. The molecule has 1 aliphatic heterocycles. The van der Waals surface area contributed by atoms with E-state index in [1.165, 1.54) is 28.4 Å². The van der Waals surface area contributed by atoms with E-state index in [9.17, 15) is 22.8 Å². The highest BCUT2D eigenvalue weighted by Gasteiger charge is 2.30. The summed E-state index contributed by atoms with van der Waals surface area (Å²) in [4.78, 5) is 33.0. The number of carbonyl (C=O) groups is 2. The van der Waals surface area contributed by atoms with Crippen LogP contribution in [0.3, 0.4) is 0 Å². The third-order valence-electron chi connectivity index (χ3n) is 5.76. The van der Waals surface area contributed by atoms with Crippen molar-refractivity contribution >= 4 is 45.2 Å². The van der Waals surface area contributed by atoms with E-state index in [1.807, 2.05) is 4.90 Å². The van der Waals surface area contributed by atoms with Crippen molar-refractivity contribution in [2.45, 2.75) is 12.8 Å². The van der Waals surface area contributed by atoms with Crippen molar-refractivity contribution < 1.29 is 27.5 Å². The molecule has 0 aliphatic carbocycles. The number of nitrogens with one attached hydrogen (secondary N) is 2. The number of H-pyrrole nitrogens is 1. The number of halogens is 3. The van der Waals surface area contributed by atoms with Gasteiger partial charge in [-0.2, -0.15) is 13.2 Å². The quantitative estimate of drug-likeness (QED) is 0.398. The molecule has 0 atom stereocenters. The Morgan fingerprint density at radius 3 is 2.57 bits per heavy atom. The Balaban J connectivity index is 1.10. The van der Waals surface area contributed by atoms with Crippen LogP contribution in [-0.2, 0) is 17.5 Å². The van der Waals surface area contributed by atoms with Crippen LogP contribution in [0.5, 0.6) is 0 Å². The van der Waals surface area contributed by atoms with Gasteiger partial charge in [-0.05, 0) is 35.9 Å². The first-order valence-corrected chi connectivity index (χ1v) is 12.0. The molecule has 0 radical (unpaired) electrons. The maximum Gasteiger partial charge on any atom is 0.416 e. The number of alkyl halides is 3. The van der Waals surface area contributed by atoms with Gasteiger partial charge in [0.25, 0.3) is 5.91 Å². The number of rotatable bonds is 5. The van der Waals surface area contributed by atoms with Crippen molar-refractivity contribution in [3.8, 4) is 0 Å². The van der Waals surface area contributed by atoms with Crippen molar-refractivity contribution in [1.29, 1.82) is 0 Å². The van der Waals surface area contributed by atoms with Crippen LogP contribution < -0.4 is 10.2 Å². The molecule has 1 fully saturated rings. The molecule has 0 bridgehead atoms.